The summed E-state index contributed by atoms with van der Waals surface area (Å²) in [7, 11) is 0. The van der Waals surface area contributed by atoms with Crippen LogP contribution in [0.25, 0.3) is 16.5 Å². The van der Waals surface area contributed by atoms with E-state index in [1.807, 2.05) is 42.6 Å². The summed E-state index contributed by atoms with van der Waals surface area (Å²) in [5, 5.41) is 9.37. The number of rotatable bonds is 7. The van der Waals surface area contributed by atoms with Gasteiger partial charge >= 0.3 is 0 Å². The predicted molar refractivity (Wildman–Crippen MR) is 120 cm³/mol. The van der Waals surface area contributed by atoms with Crippen molar-refractivity contribution in [2.24, 2.45) is 0 Å². The number of carbonyl (C=O) groups excluding carboxylic acids is 1. The number of amides is 1. The lowest BCUT2D eigenvalue weighted by molar-refractivity contribution is -0.122. The first-order valence-electron chi connectivity index (χ1n) is 9.80. The molecule has 0 spiro atoms. The second-order valence-corrected chi connectivity index (χ2v) is 7.73. The van der Waals surface area contributed by atoms with Gasteiger partial charge in [-0.2, -0.15) is 9.78 Å². The number of H-pyrrole nitrogens is 1. The molecule has 4 rings (SSSR count). The number of hydrogen-bond acceptors (Lipinski definition) is 6. The smallest absolute Gasteiger partial charge is 0.266 e. The van der Waals surface area contributed by atoms with Gasteiger partial charge in [-0.1, -0.05) is 31.2 Å². The average molecular weight is 436 g/mol. The van der Waals surface area contributed by atoms with Crippen molar-refractivity contribution in [1.29, 1.82) is 0 Å². The first-order chi connectivity index (χ1) is 15.0. The van der Waals surface area contributed by atoms with Crippen molar-refractivity contribution in [1.82, 2.24) is 19.7 Å². The van der Waals surface area contributed by atoms with Crippen molar-refractivity contribution < 1.29 is 9.53 Å². The fraction of sp³-hybridized carbons (Fsp3) is 0.182. The molecule has 1 aromatic carbocycles. The molecule has 0 fully saturated rings. The lowest BCUT2D eigenvalue weighted by Gasteiger charge is -2.15. The Morgan fingerprint density at radius 1 is 1.23 bits per heavy atom. The number of hydrogen-bond donors (Lipinski definition) is 2. The lowest BCUT2D eigenvalue weighted by atomic mass is 10.3. The number of carbonyl (C=O) groups is 1. The van der Waals surface area contributed by atoms with E-state index in [0.29, 0.717) is 29.4 Å². The standard InChI is InChI=1S/C22H21N5O3S/c1-3-15-12-20(28)25-22(23-15)27-19(13-17(26-27)18-10-7-11-31-18)24-21(29)14(2)30-16-8-5-4-6-9-16/h4-14H,3H2,1-2H3,(H,24,29)(H,23,25,28). The molecule has 1 unspecified atom stereocenters. The topological polar surface area (TPSA) is 102 Å². The summed E-state index contributed by atoms with van der Waals surface area (Å²) in [5.41, 5.74) is 1.00. The van der Waals surface area contributed by atoms with E-state index in [1.54, 1.807) is 25.1 Å². The highest BCUT2D eigenvalue weighted by atomic mass is 32.1. The molecule has 2 N–H and O–H groups in total. The van der Waals surface area contributed by atoms with Crippen LogP contribution in [0, 0.1) is 0 Å². The zero-order chi connectivity index (χ0) is 21.8. The van der Waals surface area contributed by atoms with Crippen LogP contribution in [-0.2, 0) is 11.2 Å². The Hall–Kier alpha value is -3.72. The fourth-order valence-corrected chi connectivity index (χ4v) is 3.62. The van der Waals surface area contributed by atoms with E-state index in [-0.39, 0.29) is 17.4 Å². The third-order valence-corrected chi connectivity index (χ3v) is 5.40. The number of para-hydroxylation sites is 1. The minimum atomic E-state index is -0.745. The number of anilines is 1. The molecule has 4 aromatic rings. The molecule has 8 nitrogen and oxygen atoms in total. The van der Waals surface area contributed by atoms with E-state index >= 15 is 0 Å². The van der Waals surface area contributed by atoms with Crippen LogP contribution in [-0.4, -0.2) is 31.8 Å². The average Bonchev–Trinajstić information content (AvgIpc) is 3.44. The molecule has 0 saturated heterocycles. The zero-order valence-corrected chi connectivity index (χ0v) is 17.8. The molecular formula is C22H21N5O3S. The minimum Gasteiger partial charge on any atom is -0.481 e. The molecule has 3 heterocycles. The second-order valence-electron chi connectivity index (χ2n) is 6.78. The molecular weight excluding hydrogens is 414 g/mol. The maximum atomic E-state index is 12.8. The van der Waals surface area contributed by atoms with Crippen molar-refractivity contribution in [3.63, 3.8) is 0 Å². The van der Waals surface area contributed by atoms with Gasteiger partial charge in [0.1, 0.15) is 17.3 Å². The number of thiophene rings is 1. The number of benzene rings is 1. The van der Waals surface area contributed by atoms with Gasteiger partial charge in [-0.05, 0) is 36.9 Å². The number of aromatic nitrogens is 4. The molecule has 0 radical (unpaired) electrons. The molecule has 1 atom stereocenters. The number of nitrogens with one attached hydrogen (secondary N) is 2. The third kappa shape index (κ3) is 4.72. The van der Waals surface area contributed by atoms with Crippen LogP contribution < -0.4 is 15.6 Å². The Bertz CT molecular complexity index is 1230. The Kier molecular flexibility index (Phi) is 5.94. The van der Waals surface area contributed by atoms with Gasteiger partial charge in [-0.15, -0.1) is 11.3 Å². The predicted octanol–water partition coefficient (Wildman–Crippen LogP) is 3.65. The largest absolute Gasteiger partial charge is 0.481 e. The highest BCUT2D eigenvalue weighted by molar-refractivity contribution is 7.13. The molecule has 0 aliphatic heterocycles. The highest BCUT2D eigenvalue weighted by Crippen LogP contribution is 2.27. The van der Waals surface area contributed by atoms with Crippen molar-refractivity contribution >= 4 is 23.1 Å². The minimum absolute atomic E-state index is 0.235. The van der Waals surface area contributed by atoms with Crippen molar-refractivity contribution in [3.8, 4) is 22.3 Å². The molecule has 158 valence electrons. The summed E-state index contributed by atoms with van der Waals surface area (Å²) >= 11 is 1.53. The van der Waals surface area contributed by atoms with Gasteiger partial charge in [-0.3, -0.25) is 14.6 Å². The molecule has 0 bridgehead atoms. The van der Waals surface area contributed by atoms with Crippen molar-refractivity contribution in [2.45, 2.75) is 26.4 Å². The van der Waals surface area contributed by atoms with Crippen LogP contribution in [0.5, 0.6) is 5.75 Å². The van der Waals surface area contributed by atoms with Crippen LogP contribution >= 0.6 is 11.3 Å². The lowest BCUT2D eigenvalue weighted by Crippen LogP contribution is -2.31. The first kappa shape index (κ1) is 20.5. The van der Waals surface area contributed by atoms with E-state index in [1.165, 1.54) is 22.1 Å². The molecule has 1 amide bonds. The summed E-state index contributed by atoms with van der Waals surface area (Å²) in [6.45, 7) is 3.58. The Morgan fingerprint density at radius 2 is 2.03 bits per heavy atom. The van der Waals surface area contributed by atoms with E-state index in [9.17, 15) is 9.59 Å². The normalized spacial score (nSPS) is 11.8. The Morgan fingerprint density at radius 3 is 2.74 bits per heavy atom. The third-order valence-electron chi connectivity index (χ3n) is 4.50. The van der Waals surface area contributed by atoms with E-state index < -0.39 is 6.10 Å². The Balaban J connectivity index is 1.67. The van der Waals surface area contributed by atoms with Gasteiger partial charge in [-0.25, -0.2) is 4.98 Å². The SMILES string of the molecule is CCc1cc(=O)[nH]c(-n2nc(-c3cccs3)cc2NC(=O)C(C)Oc2ccccc2)n1. The van der Waals surface area contributed by atoms with Crippen LogP contribution in [0.4, 0.5) is 5.82 Å². The van der Waals surface area contributed by atoms with E-state index in [4.69, 9.17) is 4.74 Å². The highest BCUT2D eigenvalue weighted by Gasteiger charge is 2.20. The molecule has 0 aliphatic rings. The number of nitrogens with zero attached hydrogens (tertiary/aromatic N) is 3. The van der Waals surface area contributed by atoms with Crippen LogP contribution in [0.15, 0.2) is 64.8 Å². The second kappa shape index (κ2) is 8.97. The van der Waals surface area contributed by atoms with Gasteiger partial charge in [0.15, 0.2) is 6.10 Å². The number of aryl methyl sites for hydroxylation is 1. The van der Waals surface area contributed by atoms with E-state index in [2.05, 4.69) is 20.4 Å². The molecule has 0 saturated carbocycles. The van der Waals surface area contributed by atoms with Gasteiger partial charge in [0.05, 0.1) is 4.88 Å². The summed E-state index contributed by atoms with van der Waals surface area (Å²) in [4.78, 5) is 33.0. The maximum absolute atomic E-state index is 12.8. The summed E-state index contributed by atoms with van der Waals surface area (Å²) in [5.74, 6) is 0.865. The van der Waals surface area contributed by atoms with E-state index in [0.717, 1.165) is 4.88 Å². The zero-order valence-electron chi connectivity index (χ0n) is 17.0. The maximum Gasteiger partial charge on any atom is 0.266 e. The molecule has 0 aliphatic carbocycles. The van der Waals surface area contributed by atoms with Crippen LogP contribution in [0.3, 0.4) is 0 Å². The van der Waals surface area contributed by atoms with Crippen LogP contribution in [0.2, 0.25) is 0 Å². The number of ether oxygens (including phenoxy) is 1. The number of aromatic amines is 1. The van der Waals surface area contributed by atoms with Gasteiger partial charge in [0.2, 0.25) is 5.95 Å². The summed E-state index contributed by atoms with van der Waals surface area (Å²) < 4.78 is 7.15. The monoisotopic (exact) mass is 435 g/mol. The van der Waals surface area contributed by atoms with Gasteiger partial charge < -0.3 is 10.1 Å². The molecule has 3 aromatic heterocycles. The van der Waals surface area contributed by atoms with Crippen molar-refractivity contribution in [2.75, 3.05) is 5.32 Å². The van der Waals surface area contributed by atoms with Crippen molar-refractivity contribution in [3.05, 3.63) is 76.0 Å². The summed E-state index contributed by atoms with van der Waals surface area (Å²) in [6, 6.07) is 16.2. The first-order valence-corrected chi connectivity index (χ1v) is 10.7. The Labute approximate surface area is 182 Å². The molecule has 31 heavy (non-hydrogen) atoms. The quantitative estimate of drug-likeness (QED) is 0.461. The molecule has 9 heteroatoms. The fourth-order valence-electron chi connectivity index (χ4n) is 2.94. The van der Waals surface area contributed by atoms with Gasteiger partial charge in [0.25, 0.3) is 11.5 Å². The summed E-state index contributed by atoms with van der Waals surface area (Å²) in [6.07, 6.45) is -0.149. The van der Waals surface area contributed by atoms with Crippen LogP contribution in [0.1, 0.15) is 19.5 Å². The van der Waals surface area contributed by atoms with Gasteiger partial charge in [0, 0.05) is 17.8 Å².